The van der Waals surface area contributed by atoms with Crippen molar-refractivity contribution >= 4 is 28.9 Å². The fraction of sp³-hybridized carbons (Fsp3) is 0.364. The topological polar surface area (TPSA) is 64.3 Å². The van der Waals surface area contributed by atoms with Crippen molar-refractivity contribution in [3.63, 3.8) is 0 Å². The van der Waals surface area contributed by atoms with Crippen molar-refractivity contribution in [2.75, 3.05) is 24.3 Å². The number of hydrogen-bond donors (Lipinski definition) is 2. The molecule has 0 unspecified atom stereocenters. The monoisotopic (exact) mass is 296 g/mol. The number of nitrogens with one attached hydrogen (secondary N) is 1. The third-order valence-corrected chi connectivity index (χ3v) is 2.26. The van der Waals surface area contributed by atoms with Crippen LogP contribution in [0.15, 0.2) is 18.2 Å². The highest BCUT2D eigenvalue weighted by Gasteiger charge is 2.27. The Morgan fingerprint density at radius 1 is 1.42 bits per heavy atom. The molecule has 0 fully saturated rings. The minimum absolute atomic E-state index is 0.206. The number of carbonyl (C=O) groups excluding carboxylic acids is 1. The highest BCUT2D eigenvalue weighted by atomic mass is 35.5. The molecule has 19 heavy (non-hydrogen) atoms. The summed E-state index contributed by atoms with van der Waals surface area (Å²) in [5.74, 6) is -0.504. The molecule has 0 saturated heterocycles. The Labute approximate surface area is 112 Å². The van der Waals surface area contributed by atoms with Gasteiger partial charge < -0.3 is 15.8 Å². The summed E-state index contributed by atoms with van der Waals surface area (Å²) in [6.07, 6.45) is -4.60. The molecule has 1 amide bonds. The molecule has 3 N–H and O–H groups in total. The Bertz CT molecular complexity index is 452. The Hall–Kier alpha value is -1.47. The van der Waals surface area contributed by atoms with Crippen molar-refractivity contribution in [3.05, 3.63) is 23.2 Å². The highest BCUT2D eigenvalue weighted by molar-refractivity contribution is 6.31. The van der Waals surface area contributed by atoms with Gasteiger partial charge in [0.1, 0.15) is 6.61 Å². The van der Waals surface area contributed by atoms with Gasteiger partial charge in [-0.25, -0.2) is 0 Å². The van der Waals surface area contributed by atoms with Crippen LogP contribution in [0.5, 0.6) is 0 Å². The van der Waals surface area contributed by atoms with E-state index >= 15 is 0 Å². The van der Waals surface area contributed by atoms with Crippen molar-refractivity contribution in [1.29, 1.82) is 0 Å². The van der Waals surface area contributed by atoms with Gasteiger partial charge in [-0.15, -0.1) is 0 Å². The van der Waals surface area contributed by atoms with Gasteiger partial charge in [0.2, 0.25) is 5.91 Å². The lowest BCUT2D eigenvalue weighted by Crippen LogP contribution is -2.20. The summed E-state index contributed by atoms with van der Waals surface area (Å²) in [6.45, 7) is -1.70. The lowest BCUT2D eigenvalue weighted by atomic mass is 10.2. The van der Waals surface area contributed by atoms with Crippen LogP contribution in [-0.4, -0.2) is 25.3 Å². The van der Waals surface area contributed by atoms with Gasteiger partial charge in [0.05, 0.1) is 24.4 Å². The lowest BCUT2D eigenvalue weighted by Gasteiger charge is -2.09. The van der Waals surface area contributed by atoms with Crippen LogP contribution in [0.25, 0.3) is 0 Å². The van der Waals surface area contributed by atoms with Crippen LogP contribution in [0.3, 0.4) is 0 Å². The molecular weight excluding hydrogens is 285 g/mol. The molecule has 0 aliphatic rings. The Balaban J connectivity index is 2.37. The molecular formula is C11H12ClF3N2O2. The second kappa shape index (κ2) is 6.63. The Morgan fingerprint density at radius 2 is 2.11 bits per heavy atom. The molecule has 106 valence electrons. The molecule has 8 heteroatoms. The second-order valence-corrected chi connectivity index (χ2v) is 4.13. The van der Waals surface area contributed by atoms with E-state index in [0.717, 1.165) is 0 Å². The molecule has 0 heterocycles. The number of anilines is 2. The molecule has 0 aromatic heterocycles. The van der Waals surface area contributed by atoms with Crippen LogP contribution in [0, 0.1) is 0 Å². The number of nitrogen functional groups attached to an aromatic ring is 1. The lowest BCUT2D eigenvalue weighted by molar-refractivity contribution is -0.174. The summed E-state index contributed by atoms with van der Waals surface area (Å²) in [7, 11) is 0. The number of carbonyl (C=O) groups is 1. The molecule has 0 bridgehead atoms. The third-order valence-electron chi connectivity index (χ3n) is 2.03. The van der Waals surface area contributed by atoms with Crippen molar-refractivity contribution in [2.45, 2.75) is 12.6 Å². The third kappa shape index (κ3) is 6.30. The first-order chi connectivity index (χ1) is 8.78. The summed E-state index contributed by atoms with van der Waals surface area (Å²) in [5, 5.41) is 2.83. The van der Waals surface area contributed by atoms with E-state index < -0.39 is 18.7 Å². The zero-order valence-corrected chi connectivity index (χ0v) is 10.5. The van der Waals surface area contributed by atoms with Crippen molar-refractivity contribution < 1.29 is 22.7 Å². The van der Waals surface area contributed by atoms with Crippen LogP contribution in [0.1, 0.15) is 6.42 Å². The first-order valence-electron chi connectivity index (χ1n) is 5.27. The summed E-state index contributed by atoms with van der Waals surface area (Å²) in [4.78, 5) is 11.4. The average Bonchev–Trinajstić information content (AvgIpc) is 2.28. The van der Waals surface area contributed by atoms with E-state index in [1.54, 1.807) is 6.07 Å². The van der Waals surface area contributed by atoms with Crippen LogP contribution < -0.4 is 11.1 Å². The number of halogens is 4. The summed E-state index contributed by atoms with van der Waals surface area (Å²) in [5.41, 5.74) is 6.22. The standard InChI is InChI=1S/C11H12ClF3N2O2/c12-7-1-2-8(16)9(5-7)17-10(18)3-4-19-6-11(13,14)15/h1-2,5H,3-4,6,16H2,(H,17,18). The van der Waals surface area contributed by atoms with Crippen LogP contribution in [0.2, 0.25) is 5.02 Å². The number of rotatable bonds is 5. The maximum atomic E-state index is 11.8. The largest absolute Gasteiger partial charge is 0.411 e. The molecule has 0 spiro atoms. The van der Waals surface area contributed by atoms with Gasteiger partial charge in [-0.1, -0.05) is 11.6 Å². The van der Waals surface area contributed by atoms with E-state index in [0.29, 0.717) is 16.4 Å². The van der Waals surface area contributed by atoms with E-state index in [-0.39, 0.29) is 13.0 Å². The van der Waals surface area contributed by atoms with Gasteiger partial charge in [-0.3, -0.25) is 4.79 Å². The zero-order chi connectivity index (χ0) is 14.5. The molecule has 0 aliphatic carbocycles. The summed E-state index contributed by atoms with van der Waals surface area (Å²) < 4.78 is 39.6. The van der Waals surface area contributed by atoms with Gasteiger partial charge in [-0.05, 0) is 18.2 Å². The quantitative estimate of drug-likeness (QED) is 0.649. The SMILES string of the molecule is Nc1ccc(Cl)cc1NC(=O)CCOCC(F)(F)F. The van der Waals surface area contributed by atoms with E-state index in [9.17, 15) is 18.0 Å². The molecule has 0 saturated carbocycles. The van der Waals surface area contributed by atoms with E-state index in [4.69, 9.17) is 17.3 Å². The smallest absolute Gasteiger partial charge is 0.397 e. The molecule has 4 nitrogen and oxygen atoms in total. The predicted molar refractivity (Wildman–Crippen MR) is 66.0 cm³/mol. The molecule has 1 rings (SSSR count). The molecule has 1 aromatic carbocycles. The van der Waals surface area contributed by atoms with Crippen LogP contribution in [0.4, 0.5) is 24.5 Å². The first kappa shape index (κ1) is 15.6. The number of alkyl halides is 3. The zero-order valence-electron chi connectivity index (χ0n) is 9.76. The van der Waals surface area contributed by atoms with Crippen molar-refractivity contribution in [3.8, 4) is 0 Å². The average molecular weight is 297 g/mol. The van der Waals surface area contributed by atoms with E-state index in [1.165, 1.54) is 12.1 Å². The van der Waals surface area contributed by atoms with Crippen molar-refractivity contribution in [2.24, 2.45) is 0 Å². The van der Waals surface area contributed by atoms with Crippen molar-refractivity contribution in [1.82, 2.24) is 0 Å². The minimum atomic E-state index is -4.39. The molecule has 0 radical (unpaired) electrons. The van der Waals surface area contributed by atoms with Gasteiger partial charge in [0.25, 0.3) is 0 Å². The number of nitrogens with two attached hydrogens (primary N) is 1. The fourth-order valence-corrected chi connectivity index (χ4v) is 1.37. The second-order valence-electron chi connectivity index (χ2n) is 3.70. The van der Waals surface area contributed by atoms with Gasteiger partial charge in [0.15, 0.2) is 0 Å². The number of benzene rings is 1. The van der Waals surface area contributed by atoms with Gasteiger partial charge in [0, 0.05) is 5.02 Å². The van der Waals surface area contributed by atoms with Gasteiger partial charge >= 0.3 is 6.18 Å². The molecule has 1 aromatic rings. The maximum absolute atomic E-state index is 11.8. The van der Waals surface area contributed by atoms with Gasteiger partial charge in [-0.2, -0.15) is 13.2 Å². The molecule has 0 atom stereocenters. The predicted octanol–water partition coefficient (Wildman–Crippen LogP) is 2.83. The number of amides is 1. The normalized spacial score (nSPS) is 11.4. The Morgan fingerprint density at radius 3 is 2.74 bits per heavy atom. The molecule has 0 aliphatic heterocycles. The number of hydrogen-bond acceptors (Lipinski definition) is 3. The summed E-state index contributed by atoms with van der Waals surface area (Å²) >= 11 is 5.72. The first-order valence-corrected chi connectivity index (χ1v) is 5.65. The van der Waals surface area contributed by atoms with Crippen LogP contribution in [-0.2, 0) is 9.53 Å². The highest BCUT2D eigenvalue weighted by Crippen LogP contribution is 2.23. The van der Waals surface area contributed by atoms with Crippen LogP contribution >= 0.6 is 11.6 Å². The maximum Gasteiger partial charge on any atom is 0.411 e. The Kier molecular flexibility index (Phi) is 5.44. The van der Waals surface area contributed by atoms with E-state index in [1.807, 2.05) is 0 Å². The fourth-order valence-electron chi connectivity index (χ4n) is 1.20. The minimum Gasteiger partial charge on any atom is -0.397 e. The number of ether oxygens (including phenoxy) is 1. The van der Waals surface area contributed by atoms with E-state index in [2.05, 4.69) is 10.1 Å². The summed E-state index contributed by atoms with van der Waals surface area (Å²) in [6, 6.07) is 4.52.